The fraction of sp³-hybridized carbons (Fsp3) is 0.417. The fourth-order valence-corrected chi connectivity index (χ4v) is 3.32. The first-order valence-corrected chi connectivity index (χ1v) is 10.8. The molecule has 0 aliphatic heterocycles. The molecule has 2 aromatic carbocycles. The highest BCUT2D eigenvalue weighted by Crippen LogP contribution is 2.28. The quantitative estimate of drug-likeness (QED) is 0.560. The predicted octanol–water partition coefficient (Wildman–Crippen LogP) is 4.23. The van der Waals surface area contributed by atoms with Crippen LogP contribution in [0.4, 0.5) is 0 Å². The average molecular weight is 447 g/mol. The van der Waals surface area contributed by atoms with E-state index in [0.29, 0.717) is 36.0 Å². The second-order valence-corrected chi connectivity index (χ2v) is 7.74. The van der Waals surface area contributed by atoms with Crippen LogP contribution >= 0.6 is 11.6 Å². The van der Waals surface area contributed by atoms with Crippen molar-refractivity contribution < 1.29 is 19.1 Å². The first-order valence-electron chi connectivity index (χ1n) is 10.4. The highest BCUT2D eigenvalue weighted by atomic mass is 35.5. The topological polar surface area (TPSA) is 67.9 Å². The zero-order valence-corrected chi connectivity index (χ0v) is 19.4. The standard InChI is InChI=1S/C24H31ClN2O4/c1-5-14-26-24(29)17(2)27(16-19-6-10-20(25)11-7-19)23(28)13-9-18-8-12-21(30-3)22(15-18)31-4/h6-8,10-12,15,17H,5,9,13-14,16H2,1-4H3,(H,26,29). The summed E-state index contributed by atoms with van der Waals surface area (Å²) in [6.45, 7) is 4.67. The van der Waals surface area contributed by atoms with Gasteiger partial charge in [-0.2, -0.15) is 0 Å². The molecular formula is C24H31ClN2O4. The van der Waals surface area contributed by atoms with Crippen LogP contribution in [0.2, 0.25) is 5.02 Å². The van der Waals surface area contributed by atoms with Gasteiger partial charge in [0.1, 0.15) is 6.04 Å². The van der Waals surface area contributed by atoms with E-state index in [4.69, 9.17) is 21.1 Å². The largest absolute Gasteiger partial charge is 0.493 e. The van der Waals surface area contributed by atoms with Gasteiger partial charge in [0, 0.05) is 24.5 Å². The van der Waals surface area contributed by atoms with Gasteiger partial charge in [-0.25, -0.2) is 0 Å². The van der Waals surface area contributed by atoms with Gasteiger partial charge in [-0.3, -0.25) is 9.59 Å². The second kappa shape index (κ2) is 12.2. The van der Waals surface area contributed by atoms with E-state index in [1.165, 1.54) is 0 Å². The van der Waals surface area contributed by atoms with E-state index in [1.807, 2.05) is 37.3 Å². The molecule has 1 N–H and O–H groups in total. The maximum absolute atomic E-state index is 13.1. The van der Waals surface area contributed by atoms with Gasteiger partial charge in [0.15, 0.2) is 11.5 Å². The van der Waals surface area contributed by atoms with Crippen LogP contribution in [0.1, 0.15) is 37.8 Å². The van der Waals surface area contributed by atoms with Gasteiger partial charge in [-0.15, -0.1) is 0 Å². The normalized spacial score (nSPS) is 11.5. The lowest BCUT2D eigenvalue weighted by atomic mass is 10.1. The van der Waals surface area contributed by atoms with Crippen molar-refractivity contribution >= 4 is 23.4 Å². The van der Waals surface area contributed by atoms with Crippen LogP contribution in [-0.4, -0.2) is 43.5 Å². The molecular weight excluding hydrogens is 416 g/mol. The highest BCUT2D eigenvalue weighted by molar-refractivity contribution is 6.30. The molecule has 0 bridgehead atoms. The smallest absolute Gasteiger partial charge is 0.242 e. The third kappa shape index (κ3) is 7.17. The second-order valence-electron chi connectivity index (χ2n) is 7.30. The molecule has 0 aliphatic rings. The summed E-state index contributed by atoms with van der Waals surface area (Å²) in [7, 11) is 3.16. The van der Waals surface area contributed by atoms with E-state index in [-0.39, 0.29) is 18.2 Å². The summed E-state index contributed by atoms with van der Waals surface area (Å²) in [6, 6.07) is 12.3. The zero-order chi connectivity index (χ0) is 22.8. The van der Waals surface area contributed by atoms with E-state index in [9.17, 15) is 9.59 Å². The number of rotatable bonds is 11. The number of benzene rings is 2. The highest BCUT2D eigenvalue weighted by Gasteiger charge is 2.25. The van der Waals surface area contributed by atoms with E-state index < -0.39 is 6.04 Å². The van der Waals surface area contributed by atoms with Crippen LogP contribution in [0.15, 0.2) is 42.5 Å². The number of methoxy groups -OCH3 is 2. The number of hydrogen-bond acceptors (Lipinski definition) is 4. The molecule has 2 aromatic rings. The van der Waals surface area contributed by atoms with E-state index in [0.717, 1.165) is 17.5 Å². The number of ether oxygens (including phenoxy) is 2. The van der Waals surface area contributed by atoms with Gasteiger partial charge in [0.05, 0.1) is 14.2 Å². The minimum Gasteiger partial charge on any atom is -0.493 e. The maximum atomic E-state index is 13.1. The summed E-state index contributed by atoms with van der Waals surface area (Å²) < 4.78 is 10.6. The molecule has 2 amide bonds. The van der Waals surface area contributed by atoms with Crippen LogP contribution < -0.4 is 14.8 Å². The van der Waals surface area contributed by atoms with Gasteiger partial charge in [-0.1, -0.05) is 36.7 Å². The van der Waals surface area contributed by atoms with E-state index in [2.05, 4.69) is 5.32 Å². The molecule has 0 spiro atoms. The van der Waals surface area contributed by atoms with Gasteiger partial charge in [-0.05, 0) is 55.2 Å². The van der Waals surface area contributed by atoms with Crippen molar-refractivity contribution in [2.24, 2.45) is 0 Å². The lowest BCUT2D eigenvalue weighted by molar-refractivity contribution is -0.140. The van der Waals surface area contributed by atoms with Crippen molar-refractivity contribution in [1.82, 2.24) is 10.2 Å². The molecule has 0 aliphatic carbocycles. The molecule has 0 saturated carbocycles. The van der Waals surface area contributed by atoms with E-state index in [1.54, 1.807) is 38.2 Å². The lowest BCUT2D eigenvalue weighted by Gasteiger charge is -2.29. The van der Waals surface area contributed by atoms with Crippen LogP contribution in [0.5, 0.6) is 11.5 Å². The number of hydrogen-bond donors (Lipinski definition) is 1. The number of amides is 2. The maximum Gasteiger partial charge on any atom is 0.242 e. The summed E-state index contributed by atoms with van der Waals surface area (Å²) in [5.41, 5.74) is 1.87. The van der Waals surface area contributed by atoms with Crippen molar-refractivity contribution in [3.8, 4) is 11.5 Å². The van der Waals surface area contributed by atoms with Gasteiger partial charge in [0.2, 0.25) is 11.8 Å². The molecule has 0 heterocycles. The third-order valence-corrected chi connectivity index (χ3v) is 5.31. The number of aryl methyl sites for hydroxylation is 1. The predicted molar refractivity (Wildman–Crippen MR) is 123 cm³/mol. The first kappa shape index (κ1) is 24.5. The Morgan fingerprint density at radius 2 is 1.68 bits per heavy atom. The summed E-state index contributed by atoms with van der Waals surface area (Å²) in [5, 5.41) is 3.51. The lowest BCUT2D eigenvalue weighted by Crippen LogP contribution is -2.47. The Bertz CT molecular complexity index is 870. The average Bonchev–Trinajstić information content (AvgIpc) is 2.79. The zero-order valence-electron chi connectivity index (χ0n) is 18.6. The molecule has 31 heavy (non-hydrogen) atoms. The molecule has 168 valence electrons. The van der Waals surface area contributed by atoms with Crippen LogP contribution in [0.25, 0.3) is 0 Å². The Morgan fingerprint density at radius 1 is 1.03 bits per heavy atom. The molecule has 0 aromatic heterocycles. The van der Waals surface area contributed by atoms with Gasteiger partial charge in [0.25, 0.3) is 0 Å². The van der Waals surface area contributed by atoms with Crippen molar-refractivity contribution in [3.63, 3.8) is 0 Å². The number of carbonyl (C=O) groups is 2. The molecule has 7 heteroatoms. The Morgan fingerprint density at radius 3 is 2.29 bits per heavy atom. The molecule has 1 atom stereocenters. The summed E-state index contributed by atoms with van der Waals surface area (Å²) in [5.74, 6) is 1.01. The van der Waals surface area contributed by atoms with Crippen molar-refractivity contribution in [2.45, 2.75) is 45.7 Å². The molecule has 0 fully saturated rings. The number of carbonyl (C=O) groups excluding carboxylic acids is 2. The van der Waals surface area contributed by atoms with E-state index >= 15 is 0 Å². The van der Waals surface area contributed by atoms with Crippen molar-refractivity contribution in [1.29, 1.82) is 0 Å². The Hall–Kier alpha value is -2.73. The minimum atomic E-state index is -0.583. The molecule has 2 rings (SSSR count). The van der Waals surface area contributed by atoms with Gasteiger partial charge >= 0.3 is 0 Å². The van der Waals surface area contributed by atoms with Crippen molar-refractivity contribution in [2.75, 3.05) is 20.8 Å². The Kier molecular flexibility index (Phi) is 9.66. The molecule has 6 nitrogen and oxygen atoms in total. The molecule has 0 saturated heterocycles. The molecule has 0 radical (unpaired) electrons. The summed E-state index contributed by atoms with van der Waals surface area (Å²) >= 11 is 5.98. The third-order valence-electron chi connectivity index (χ3n) is 5.06. The van der Waals surface area contributed by atoms with Crippen molar-refractivity contribution in [3.05, 3.63) is 58.6 Å². The van der Waals surface area contributed by atoms with Crippen LogP contribution in [0, 0.1) is 0 Å². The Balaban J connectivity index is 2.14. The number of nitrogens with one attached hydrogen (secondary N) is 1. The summed E-state index contributed by atoms with van der Waals surface area (Å²) in [6.07, 6.45) is 1.64. The van der Waals surface area contributed by atoms with Crippen LogP contribution in [-0.2, 0) is 22.6 Å². The van der Waals surface area contributed by atoms with Gasteiger partial charge < -0.3 is 19.7 Å². The van der Waals surface area contributed by atoms with Crippen LogP contribution in [0.3, 0.4) is 0 Å². The SMILES string of the molecule is CCCNC(=O)C(C)N(Cc1ccc(Cl)cc1)C(=O)CCc1ccc(OC)c(OC)c1. The number of nitrogens with zero attached hydrogens (tertiary/aromatic N) is 1. The Labute approximate surface area is 189 Å². The summed E-state index contributed by atoms with van der Waals surface area (Å²) in [4.78, 5) is 27.3. The monoisotopic (exact) mass is 446 g/mol. The number of halogens is 1. The minimum absolute atomic E-state index is 0.0936. The first-order chi connectivity index (χ1) is 14.9. The fourth-order valence-electron chi connectivity index (χ4n) is 3.20. The molecule has 1 unspecified atom stereocenters.